The lowest BCUT2D eigenvalue weighted by Crippen LogP contribution is -2.41. The molecule has 2 aromatic carbocycles. The molecule has 2 unspecified atom stereocenters. The number of ketones is 1. The average Bonchev–Trinajstić information content (AvgIpc) is 3.11. The summed E-state index contributed by atoms with van der Waals surface area (Å²) in [7, 11) is 0. The highest BCUT2D eigenvalue weighted by Gasteiger charge is 2.41. The van der Waals surface area contributed by atoms with Crippen molar-refractivity contribution < 1.29 is 29.0 Å². The van der Waals surface area contributed by atoms with Crippen LogP contribution in [0.3, 0.4) is 0 Å². The Hall–Kier alpha value is -3.00. The van der Waals surface area contributed by atoms with Gasteiger partial charge < -0.3 is 14.6 Å². The van der Waals surface area contributed by atoms with Gasteiger partial charge in [0.2, 0.25) is 5.91 Å². The van der Waals surface area contributed by atoms with Crippen molar-refractivity contribution in [1.82, 2.24) is 5.32 Å². The molecule has 0 radical (unpaired) electrons. The number of phenolic OH excluding ortho intramolecular Hbond substituents is 1. The lowest BCUT2D eigenvalue weighted by Gasteiger charge is -2.38. The number of aromatic hydroxyl groups is 1. The number of thioether (sulfide) groups is 1. The van der Waals surface area contributed by atoms with Crippen molar-refractivity contribution in [3.8, 4) is 17.2 Å². The van der Waals surface area contributed by atoms with Gasteiger partial charge in [-0.3, -0.25) is 19.7 Å². The zero-order valence-electron chi connectivity index (χ0n) is 22.3. The van der Waals surface area contributed by atoms with Crippen LogP contribution in [0.2, 0.25) is 0 Å². The Balaban J connectivity index is 1.45. The third-order valence-electron chi connectivity index (χ3n) is 7.08. The van der Waals surface area contributed by atoms with Gasteiger partial charge in [0.1, 0.15) is 22.8 Å². The van der Waals surface area contributed by atoms with Crippen LogP contribution in [0, 0.1) is 6.92 Å². The topological polar surface area (TPSA) is 102 Å². The van der Waals surface area contributed by atoms with E-state index in [0.717, 1.165) is 28.5 Å². The van der Waals surface area contributed by atoms with Crippen molar-refractivity contribution in [1.29, 1.82) is 0 Å². The molecule has 0 aromatic heterocycles. The molecule has 2 atom stereocenters. The van der Waals surface area contributed by atoms with Gasteiger partial charge >= 0.3 is 0 Å². The summed E-state index contributed by atoms with van der Waals surface area (Å²) in [6.45, 7) is 12.2. The van der Waals surface area contributed by atoms with Gasteiger partial charge in [0.25, 0.3) is 5.24 Å². The second-order valence-electron chi connectivity index (χ2n) is 10.8. The number of ether oxygens (including phenoxy) is 2. The van der Waals surface area contributed by atoms with E-state index in [4.69, 9.17) is 9.47 Å². The van der Waals surface area contributed by atoms with Crippen LogP contribution in [0.1, 0.15) is 91.9 Å². The number of carbonyl (C=O) groups excluding carboxylic acids is 3. The fourth-order valence-corrected chi connectivity index (χ4v) is 6.10. The average molecular weight is 526 g/mol. The van der Waals surface area contributed by atoms with E-state index >= 15 is 0 Å². The predicted molar refractivity (Wildman–Crippen MR) is 144 cm³/mol. The number of carbonyl (C=O) groups is 3. The third-order valence-corrected chi connectivity index (χ3v) is 8.06. The molecule has 2 aliphatic heterocycles. The van der Waals surface area contributed by atoms with Crippen LogP contribution in [0.25, 0.3) is 0 Å². The fourth-order valence-electron chi connectivity index (χ4n) is 5.24. The SMILES string of the molecule is Cc1c2c(c(C(C)C)c(O)c1C(C)C)C(=O)CC(C)(CCOc1ccc(CC3SC(=O)NC3=O)cc1)O2. The maximum absolute atomic E-state index is 13.4. The van der Waals surface area contributed by atoms with Crippen LogP contribution in [-0.2, 0) is 11.2 Å². The molecular weight excluding hydrogens is 490 g/mol. The molecule has 7 nitrogen and oxygen atoms in total. The Kier molecular flexibility index (Phi) is 7.60. The number of amides is 2. The normalized spacial score (nSPS) is 21.3. The summed E-state index contributed by atoms with van der Waals surface area (Å²) in [5.74, 6) is 1.28. The van der Waals surface area contributed by atoms with Gasteiger partial charge in [-0.15, -0.1) is 0 Å². The monoisotopic (exact) mass is 525 g/mol. The maximum Gasteiger partial charge on any atom is 0.286 e. The lowest BCUT2D eigenvalue weighted by atomic mass is 9.80. The third kappa shape index (κ3) is 5.49. The molecule has 0 spiro atoms. The first-order chi connectivity index (χ1) is 17.4. The first-order valence-corrected chi connectivity index (χ1v) is 13.6. The number of rotatable bonds is 8. The number of imide groups is 1. The van der Waals surface area contributed by atoms with Gasteiger partial charge in [0, 0.05) is 17.5 Å². The van der Waals surface area contributed by atoms with Crippen molar-refractivity contribution in [2.24, 2.45) is 0 Å². The number of nitrogens with one attached hydrogen (secondary N) is 1. The molecule has 198 valence electrons. The number of Topliss-reactive ketones (excluding diaryl/α,β-unsaturated/α-hetero) is 1. The maximum atomic E-state index is 13.4. The number of benzene rings is 2. The van der Waals surface area contributed by atoms with E-state index in [9.17, 15) is 19.5 Å². The summed E-state index contributed by atoms with van der Waals surface area (Å²) in [4.78, 5) is 36.5. The molecule has 2 N–H and O–H groups in total. The standard InChI is InChI=1S/C29H35NO6S/c1-15(2)22-17(5)26-24(23(16(3)4)25(22)32)20(31)14-29(6,36-26)11-12-35-19-9-7-18(8-10-19)13-21-27(33)30-28(34)37-21/h7-10,15-16,21,32H,11-14H2,1-6H3,(H,30,33,34). The van der Waals surface area contributed by atoms with Crippen LogP contribution in [0.4, 0.5) is 4.79 Å². The lowest BCUT2D eigenvalue weighted by molar-refractivity contribution is -0.118. The summed E-state index contributed by atoms with van der Waals surface area (Å²) >= 11 is 1.02. The largest absolute Gasteiger partial charge is 0.507 e. The molecule has 2 heterocycles. The Morgan fingerprint density at radius 3 is 2.32 bits per heavy atom. The zero-order valence-corrected chi connectivity index (χ0v) is 23.1. The smallest absolute Gasteiger partial charge is 0.286 e. The molecule has 1 fully saturated rings. The minimum atomic E-state index is -0.728. The first-order valence-electron chi connectivity index (χ1n) is 12.7. The minimum Gasteiger partial charge on any atom is -0.507 e. The quantitative estimate of drug-likeness (QED) is 0.434. The highest BCUT2D eigenvalue weighted by Crippen LogP contribution is 2.48. The molecule has 1 saturated heterocycles. The summed E-state index contributed by atoms with van der Waals surface area (Å²) in [5.41, 5.74) is 3.05. The number of hydrogen-bond acceptors (Lipinski definition) is 7. The second-order valence-corrected chi connectivity index (χ2v) is 12.0. The second kappa shape index (κ2) is 10.4. The van der Waals surface area contributed by atoms with Gasteiger partial charge in [-0.05, 0) is 55.4 Å². The molecule has 37 heavy (non-hydrogen) atoms. The Morgan fingerprint density at radius 2 is 1.76 bits per heavy atom. The van der Waals surface area contributed by atoms with Crippen molar-refractivity contribution in [3.63, 3.8) is 0 Å². The van der Waals surface area contributed by atoms with Crippen LogP contribution >= 0.6 is 11.8 Å². The number of fused-ring (bicyclic) bond motifs is 1. The van der Waals surface area contributed by atoms with Crippen LogP contribution in [0.15, 0.2) is 24.3 Å². The summed E-state index contributed by atoms with van der Waals surface area (Å²) in [6.07, 6.45) is 1.19. The van der Waals surface area contributed by atoms with E-state index in [0.29, 0.717) is 42.1 Å². The number of hydrogen-bond donors (Lipinski definition) is 2. The molecule has 0 saturated carbocycles. The minimum absolute atomic E-state index is 0.0159. The highest BCUT2D eigenvalue weighted by atomic mass is 32.2. The molecular formula is C29H35NO6S. The summed E-state index contributed by atoms with van der Waals surface area (Å²) in [5, 5.41) is 12.6. The molecule has 0 bridgehead atoms. The van der Waals surface area contributed by atoms with Gasteiger partial charge in [0.05, 0.1) is 23.8 Å². The van der Waals surface area contributed by atoms with Gasteiger partial charge in [0.15, 0.2) is 5.78 Å². The van der Waals surface area contributed by atoms with Crippen LogP contribution in [0.5, 0.6) is 17.2 Å². The first kappa shape index (κ1) is 27.0. The Bertz CT molecular complexity index is 1240. The molecule has 0 aliphatic carbocycles. The van der Waals surface area contributed by atoms with Gasteiger partial charge in [-0.2, -0.15) is 0 Å². The molecule has 2 aliphatic rings. The zero-order chi connectivity index (χ0) is 27.1. The summed E-state index contributed by atoms with van der Waals surface area (Å²) in [6, 6.07) is 7.47. The molecule has 2 amide bonds. The van der Waals surface area contributed by atoms with Gasteiger partial charge in [-0.1, -0.05) is 51.6 Å². The van der Waals surface area contributed by atoms with E-state index in [1.54, 1.807) is 0 Å². The predicted octanol–water partition coefficient (Wildman–Crippen LogP) is 6.03. The highest BCUT2D eigenvalue weighted by molar-refractivity contribution is 8.15. The van der Waals surface area contributed by atoms with Crippen molar-refractivity contribution in [2.75, 3.05) is 6.61 Å². The molecule has 4 rings (SSSR count). The van der Waals surface area contributed by atoms with Crippen LogP contribution < -0.4 is 14.8 Å². The van der Waals surface area contributed by atoms with Crippen molar-refractivity contribution in [3.05, 3.63) is 52.1 Å². The van der Waals surface area contributed by atoms with E-state index < -0.39 is 10.9 Å². The molecule has 2 aromatic rings. The van der Waals surface area contributed by atoms with Crippen molar-refractivity contribution in [2.45, 2.75) is 83.5 Å². The van der Waals surface area contributed by atoms with E-state index in [1.807, 2.05) is 65.8 Å². The number of phenols is 1. The van der Waals surface area contributed by atoms with Crippen LogP contribution in [-0.4, -0.2) is 39.5 Å². The molecule has 8 heteroatoms. The van der Waals surface area contributed by atoms with E-state index in [2.05, 4.69) is 5.32 Å². The Labute approximate surface area is 222 Å². The summed E-state index contributed by atoms with van der Waals surface area (Å²) < 4.78 is 12.5. The Morgan fingerprint density at radius 1 is 1.11 bits per heavy atom. The van der Waals surface area contributed by atoms with E-state index in [1.165, 1.54) is 0 Å². The van der Waals surface area contributed by atoms with E-state index in [-0.39, 0.29) is 40.9 Å². The van der Waals surface area contributed by atoms with Gasteiger partial charge in [-0.25, -0.2) is 0 Å². The van der Waals surface area contributed by atoms with Crippen molar-refractivity contribution >= 4 is 28.7 Å². The fraction of sp³-hybridized carbons (Fsp3) is 0.483.